The molecule has 1 N–H and O–H groups in total. The van der Waals surface area contributed by atoms with Gasteiger partial charge in [-0.15, -0.1) is 10.2 Å². The van der Waals surface area contributed by atoms with E-state index in [0.29, 0.717) is 23.7 Å². The summed E-state index contributed by atoms with van der Waals surface area (Å²) >= 11 is 0. The van der Waals surface area contributed by atoms with Gasteiger partial charge in [0.1, 0.15) is 11.9 Å². The fourth-order valence-electron chi connectivity index (χ4n) is 4.43. The SMILES string of the molecule is O=C(c1ccc(-c2cnc(NCc3cccc4occc34)n3cnnc23)cc1)N1CCCC1. The number of likely N-dealkylation sites (tertiary alicyclic amines) is 1. The number of furan rings is 1. The molecular formula is C25H22N6O2. The van der Waals surface area contributed by atoms with E-state index in [2.05, 4.69) is 26.6 Å². The van der Waals surface area contributed by atoms with Crippen molar-refractivity contribution in [3.63, 3.8) is 0 Å². The number of aromatic nitrogens is 4. The number of hydrogen-bond acceptors (Lipinski definition) is 6. The molecule has 33 heavy (non-hydrogen) atoms. The van der Waals surface area contributed by atoms with Crippen molar-refractivity contribution >= 4 is 28.5 Å². The van der Waals surface area contributed by atoms with E-state index < -0.39 is 0 Å². The first-order valence-corrected chi connectivity index (χ1v) is 11.1. The van der Waals surface area contributed by atoms with Crippen molar-refractivity contribution < 1.29 is 9.21 Å². The number of carbonyl (C=O) groups is 1. The van der Waals surface area contributed by atoms with E-state index in [1.54, 1.807) is 18.8 Å². The molecule has 0 unspecified atom stereocenters. The number of amides is 1. The lowest BCUT2D eigenvalue weighted by atomic mass is 10.1. The Morgan fingerprint density at radius 2 is 1.91 bits per heavy atom. The van der Waals surface area contributed by atoms with Crippen molar-refractivity contribution in [3.8, 4) is 11.1 Å². The Morgan fingerprint density at radius 3 is 2.76 bits per heavy atom. The number of carbonyl (C=O) groups excluding carboxylic acids is 1. The van der Waals surface area contributed by atoms with Crippen LogP contribution in [0, 0.1) is 0 Å². The smallest absolute Gasteiger partial charge is 0.253 e. The molecule has 8 heteroatoms. The van der Waals surface area contributed by atoms with Crippen LogP contribution in [0.3, 0.4) is 0 Å². The van der Waals surface area contributed by atoms with Crippen LogP contribution in [0.2, 0.25) is 0 Å². The number of benzene rings is 2. The number of anilines is 1. The summed E-state index contributed by atoms with van der Waals surface area (Å²) in [5.74, 6) is 0.747. The highest BCUT2D eigenvalue weighted by Crippen LogP contribution is 2.26. The number of nitrogens with one attached hydrogen (secondary N) is 1. The van der Waals surface area contributed by atoms with Gasteiger partial charge in [-0.3, -0.25) is 9.20 Å². The first kappa shape index (κ1) is 19.5. The van der Waals surface area contributed by atoms with E-state index >= 15 is 0 Å². The second-order valence-electron chi connectivity index (χ2n) is 8.20. The molecule has 0 atom stereocenters. The van der Waals surface area contributed by atoms with Gasteiger partial charge >= 0.3 is 0 Å². The lowest BCUT2D eigenvalue weighted by Gasteiger charge is -2.15. The van der Waals surface area contributed by atoms with Crippen LogP contribution in [0.5, 0.6) is 0 Å². The van der Waals surface area contributed by atoms with Gasteiger partial charge in [-0.1, -0.05) is 24.3 Å². The summed E-state index contributed by atoms with van der Waals surface area (Å²) in [6.07, 6.45) is 7.30. The van der Waals surface area contributed by atoms with Gasteiger partial charge in [0.25, 0.3) is 5.91 Å². The Morgan fingerprint density at radius 1 is 1.06 bits per heavy atom. The van der Waals surface area contributed by atoms with Crippen LogP contribution in [-0.2, 0) is 6.54 Å². The summed E-state index contributed by atoms with van der Waals surface area (Å²) in [6, 6.07) is 15.6. The average molecular weight is 438 g/mol. The van der Waals surface area contributed by atoms with E-state index in [9.17, 15) is 4.79 Å². The highest BCUT2D eigenvalue weighted by atomic mass is 16.3. The second-order valence-corrected chi connectivity index (χ2v) is 8.20. The highest BCUT2D eigenvalue weighted by molar-refractivity contribution is 5.95. The third kappa shape index (κ3) is 3.49. The van der Waals surface area contributed by atoms with Crippen molar-refractivity contribution in [1.29, 1.82) is 0 Å². The van der Waals surface area contributed by atoms with Crippen LogP contribution in [0.4, 0.5) is 5.95 Å². The summed E-state index contributed by atoms with van der Waals surface area (Å²) in [4.78, 5) is 19.2. The fourth-order valence-corrected chi connectivity index (χ4v) is 4.43. The van der Waals surface area contributed by atoms with Crippen molar-refractivity contribution in [2.75, 3.05) is 18.4 Å². The maximum absolute atomic E-state index is 12.6. The summed E-state index contributed by atoms with van der Waals surface area (Å²) in [5, 5.41) is 12.9. The fraction of sp³-hybridized carbons (Fsp3) is 0.200. The van der Waals surface area contributed by atoms with Crippen molar-refractivity contribution in [3.05, 3.63) is 78.4 Å². The van der Waals surface area contributed by atoms with Crippen LogP contribution >= 0.6 is 0 Å². The Labute approximate surface area is 189 Å². The summed E-state index contributed by atoms with van der Waals surface area (Å²) in [5.41, 5.74) is 5.18. The van der Waals surface area contributed by atoms with Crippen LogP contribution in [-0.4, -0.2) is 43.5 Å². The molecule has 1 saturated heterocycles. The molecule has 164 valence electrons. The van der Waals surface area contributed by atoms with Gasteiger partial charge < -0.3 is 14.6 Å². The topological polar surface area (TPSA) is 88.6 Å². The minimum absolute atomic E-state index is 0.0944. The van der Waals surface area contributed by atoms with Crippen LogP contribution in [0.15, 0.2) is 71.7 Å². The number of fused-ring (bicyclic) bond motifs is 2. The number of nitrogens with zero attached hydrogens (tertiary/aromatic N) is 5. The molecule has 1 amide bonds. The molecule has 0 aliphatic carbocycles. The quantitative estimate of drug-likeness (QED) is 0.438. The monoisotopic (exact) mass is 438 g/mol. The minimum atomic E-state index is 0.0944. The third-order valence-corrected chi connectivity index (χ3v) is 6.19. The van der Waals surface area contributed by atoms with Crippen LogP contribution in [0.1, 0.15) is 28.8 Å². The number of hydrogen-bond donors (Lipinski definition) is 1. The first-order chi connectivity index (χ1) is 16.3. The summed E-state index contributed by atoms with van der Waals surface area (Å²) in [6.45, 7) is 2.27. The maximum Gasteiger partial charge on any atom is 0.253 e. The van der Waals surface area contributed by atoms with Gasteiger partial charge in [-0.05, 0) is 48.2 Å². The number of rotatable bonds is 5. The van der Waals surface area contributed by atoms with Crippen molar-refractivity contribution in [2.45, 2.75) is 19.4 Å². The highest BCUT2D eigenvalue weighted by Gasteiger charge is 2.19. The van der Waals surface area contributed by atoms with Crippen molar-refractivity contribution in [1.82, 2.24) is 24.5 Å². The lowest BCUT2D eigenvalue weighted by Crippen LogP contribution is -2.27. The molecule has 1 fully saturated rings. The summed E-state index contributed by atoms with van der Waals surface area (Å²) in [7, 11) is 0. The van der Waals surface area contributed by atoms with E-state index in [0.717, 1.165) is 53.6 Å². The Bertz CT molecular complexity index is 1450. The normalized spacial score (nSPS) is 13.8. The molecule has 3 aromatic heterocycles. The van der Waals surface area contributed by atoms with Gasteiger partial charge in [-0.2, -0.15) is 0 Å². The van der Waals surface area contributed by atoms with Gasteiger partial charge in [-0.25, -0.2) is 4.98 Å². The lowest BCUT2D eigenvalue weighted by molar-refractivity contribution is 0.0793. The Balaban J connectivity index is 1.26. The van der Waals surface area contributed by atoms with Gasteiger partial charge in [0.05, 0.1) is 6.26 Å². The predicted molar refractivity (Wildman–Crippen MR) is 125 cm³/mol. The minimum Gasteiger partial charge on any atom is -0.464 e. The van der Waals surface area contributed by atoms with Gasteiger partial charge in [0.15, 0.2) is 5.65 Å². The van der Waals surface area contributed by atoms with E-state index in [4.69, 9.17) is 4.42 Å². The zero-order valence-electron chi connectivity index (χ0n) is 17.9. The van der Waals surface area contributed by atoms with E-state index in [1.165, 1.54) is 0 Å². The Kier molecular flexibility index (Phi) is 4.75. The molecule has 1 aliphatic rings. The zero-order valence-corrected chi connectivity index (χ0v) is 17.9. The largest absolute Gasteiger partial charge is 0.464 e. The molecule has 6 rings (SSSR count). The third-order valence-electron chi connectivity index (χ3n) is 6.19. The molecule has 0 radical (unpaired) electrons. The molecule has 2 aromatic carbocycles. The zero-order chi connectivity index (χ0) is 22.2. The van der Waals surface area contributed by atoms with Gasteiger partial charge in [0, 0.05) is 42.3 Å². The molecular weight excluding hydrogens is 416 g/mol. The molecule has 8 nitrogen and oxygen atoms in total. The van der Waals surface area contributed by atoms with Crippen LogP contribution < -0.4 is 5.32 Å². The molecule has 0 bridgehead atoms. The second kappa shape index (κ2) is 8.05. The maximum atomic E-state index is 12.6. The Hall–Kier alpha value is -4.20. The van der Waals surface area contributed by atoms with Gasteiger partial charge in [0.2, 0.25) is 5.95 Å². The molecule has 1 aliphatic heterocycles. The molecule has 0 saturated carbocycles. The average Bonchev–Trinajstić information content (AvgIpc) is 3.63. The molecule has 4 heterocycles. The predicted octanol–water partition coefficient (Wildman–Crippen LogP) is 4.39. The van der Waals surface area contributed by atoms with Crippen LogP contribution in [0.25, 0.3) is 27.7 Å². The van der Waals surface area contributed by atoms with Crippen molar-refractivity contribution in [2.24, 2.45) is 0 Å². The van der Waals surface area contributed by atoms with E-state index in [-0.39, 0.29) is 5.91 Å². The first-order valence-electron chi connectivity index (χ1n) is 11.1. The molecule has 5 aromatic rings. The summed E-state index contributed by atoms with van der Waals surface area (Å²) < 4.78 is 7.33. The van der Waals surface area contributed by atoms with E-state index in [1.807, 2.05) is 51.8 Å². The standard InChI is InChI=1S/C25H22N6O2/c32-24(30-11-1-2-12-30)18-8-6-17(7-9-18)21-15-27-25(31-16-28-29-23(21)31)26-14-19-4-3-5-22-20(19)10-13-33-22/h3-10,13,15-16H,1-2,11-12,14H2,(H,26,27). The molecule has 0 spiro atoms.